The zero-order valence-electron chi connectivity index (χ0n) is 12.4. The molecule has 0 aromatic rings. The van der Waals surface area contributed by atoms with Crippen LogP contribution in [-0.4, -0.2) is 64.4 Å². The lowest BCUT2D eigenvalue weighted by Gasteiger charge is -2.32. The first-order valence-corrected chi connectivity index (χ1v) is 10.1. The molecule has 0 aromatic carbocycles. The summed E-state index contributed by atoms with van der Waals surface area (Å²) in [6.45, 7) is 3.13. The summed E-state index contributed by atoms with van der Waals surface area (Å²) >= 11 is 0. The normalized spacial score (nSPS) is 22.3. The van der Waals surface area contributed by atoms with Crippen molar-refractivity contribution < 1.29 is 16.8 Å². The van der Waals surface area contributed by atoms with Crippen molar-refractivity contribution in [2.75, 3.05) is 32.9 Å². The predicted molar refractivity (Wildman–Crippen MR) is 79.0 cm³/mol. The molecule has 0 radical (unpaired) electrons. The van der Waals surface area contributed by atoms with Crippen LogP contribution in [0, 0.1) is 0 Å². The average molecular weight is 327 g/mol. The van der Waals surface area contributed by atoms with Crippen molar-refractivity contribution in [3.63, 3.8) is 0 Å². The first kappa shape index (κ1) is 17.8. The van der Waals surface area contributed by atoms with Gasteiger partial charge in [0.2, 0.25) is 10.0 Å². The van der Waals surface area contributed by atoms with E-state index in [2.05, 4.69) is 4.72 Å². The third-order valence-electron chi connectivity index (χ3n) is 3.41. The van der Waals surface area contributed by atoms with E-state index in [-0.39, 0.29) is 12.6 Å². The third-order valence-corrected chi connectivity index (χ3v) is 6.31. The lowest BCUT2D eigenvalue weighted by molar-refractivity contribution is 0.300. The molecule has 120 valence electrons. The summed E-state index contributed by atoms with van der Waals surface area (Å²) in [6, 6.07) is -0.354. The Labute approximate surface area is 122 Å². The number of unbranched alkanes of at least 4 members (excludes halogenated alkanes) is 1. The number of nitrogens with one attached hydrogen (secondary N) is 1. The summed E-state index contributed by atoms with van der Waals surface area (Å²) in [6.07, 6.45) is 4.20. The monoisotopic (exact) mass is 327 g/mol. The topological polar surface area (TPSA) is 86.8 Å². The molecule has 1 rings (SSSR count). The average Bonchev–Trinajstić information content (AvgIpc) is 2.34. The minimum Gasteiger partial charge on any atom is -0.213 e. The standard InChI is InChI=1S/C11H25N3O4S2/c1-4-5-8-13(2)20(17,18)12-11-7-6-9-14(10-11)19(3,15)16/h11-12H,4-10H2,1-3H3. The zero-order valence-corrected chi connectivity index (χ0v) is 14.0. The van der Waals surface area contributed by atoms with Crippen LogP contribution in [0.3, 0.4) is 0 Å². The maximum absolute atomic E-state index is 12.1. The van der Waals surface area contributed by atoms with Crippen LogP contribution in [0.5, 0.6) is 0 Å². The van der Waals surface area contributed by atoms with Crippen LogP contribution >= 0.6 is 0 Å². The minimum atomic E-state index is -3.54. The Morgan fingerprint density at radius 3 is 2.50 bits per heavy atom. The van der Waals surface area contributed by atoms with Gasteiger partial charge in [-0.1, -0.05) is 13.3 Å². The molecule has 1 N–H and O–H groups in total. The summed E-state index contributed by atoms with van der Waals surface area (Å²) < 4.78 is 52.5. The Morgan fingerprint density at radius 1 is 1.30 bits per heavy atom. The Hall–Kier alpha value is -0.220. The Kier molecular flexibility index (Phi) is 6.39. The SMILES string of the molecule is CCCCN(C)S(=O)(=O)NC1CCCN(S(C)(=O)=O)C1. The lowest BCUT2D eigenvalue weighted by atomic mass is 10.1. The summed E-state index contributed by atoms with van der Waals surface area (Å²) in [5.74, 6) is 0. The quantitative estimate of drug-likeness (QED) is 0.712. The van der Waals surface area contributed by atoms with E-state index in [0.717, 1.165) is 19.1 Å². The molecule has 7 nitrogen and oxygen atoms in total. The highest BCUT2D eigenvalue weighted by atomic mass is 32.2. The molecule has 1 heterocycles. The molecule has 0 spiro atoms. The molecule has 1 saturated heterocycles. The first-order chi connectivity index (χ1) is 9.16. The summed E-state index contributed by atoms with van der Waals surface area (Å²) in [4.78, 5) is 0. The van der Waals surface area contributed by atoms with Gasteiger partial charge < -0.3 is 0 Å². The van der Waals surface area contributed by atoms with Crippen molar-refractivity contribution in [3.05, 3.63) is 0 Å². The molecule has 0 aromatic heterocycles. The second-order valence-electron chi connectivity index (χ2n) is 5.26. The molecule has 20 heavy (non-hydrogen) atoms. The van der Waals surface area contributed by atoms with Gasteiger partial charge in [0.1, 0.15) is 0 Å². The molecular formula is C11H25N3O4S2. The molecular weight excluding hydrogens is 302 g/mol. The van der Waals surface area contributed by atoms with Gasteiger partial charge in [0, 0.05) is 32.7 Å². The second-order valence-corrected chi connectivity index (χ2v) is 9.05. The number of nitrogens with zero attached hydrogens (tertiary/aromatic N) is 2. The van der Waals surface area contributed by atoms with Crippen LogP contribution in [0.15, 0.2) is 0 Å². The van der Waals surface area contributed by atoms with Crippen LogP contribution in [0.1, 0.15) is 32.6 Å². The zero-order chi connectivity index (χ0) is 15.4. The van der Waals surface area contributed by atoms with Gasteiger partial charge in [-0.3, -0.25) is 0 Å². The van der Waals surface area contributed by atoms with Gasteiger partial charge >= 0.3 is 0 Å². The second kappa shape index (κ2) is 7.17. The molecule has 1 fully saturated rings. The smallest absolute Gasteiger partial charge is 0.213 e. The van der Waals surface area contributed by atoms with Crippen molar-refractivity contribution >= 4 is 20.2 Å². The van der Waals surface area contributed by atoms with Crippen LogP contribution in [-0.2, 0) is 20.2 Å². The van der Waals surface area contributed by atoms with E-state index in [1.165, 1.54) is 15.7 Å². The molecule has 1 aliphatic rings. The fourth-order valence-corrected chi connectivity index (χ4v) is 4.22. The Bertz CT molecular complexity index is 504. The maximum Gasteiger partial charge on any atom is 0.279 e. The number of hydrogen-bond donors (Lipinski definition) is 1. The van der Waals surface area contributed by atoms with Gasteiger partial charge in [-0.25, -0.2) is 12.7 Å². The first-order valence-electron chi connectivity index (χ1n) is 6.85. The highest BCUT2D eigenvalue weighted by Gasteiger charge is 2.29. The van der Waals surface area contributed by atoms with Gasteiger partial charge in [-0.2, -0.15) is 17.4 Å². The maximum atomic E-state index is 12.1. The molecule has 1 unspecified atom stereocenters. The van der Waals surface area contributed by atoms with Crippen LogP contribution < -0.4 is 4.72 Å². The molecule has 0 aliphatic carbocycles. The summed E-state index contributed by atoms with van der Waals surface area (Å²) in [5.41, 5.74) is 0. The van der Waals surface area contributed by atoms with Gasteiger partial charge in [-0.15, -0.1) is 0 Å². The van der Waals surface area contributed by atoms with Crippen molar-refractivity contribution in [2.45, 2.75) is 38.6 Å². The van der Waals surface area contributed by atoms with Gasteiger partial charge in [0.05, 0.1) is 6.26 Å². The molecule has 1 atom stereocenters. The molecule has 9 heteroatoms. The Balaban J connectivity index is 2.63. The van der Waals surface area contributed by atoms with Gasteiger partial charge in [0.15, 0.2) is 0 Å². The highest BCUT2D eigenvalue weighted by Crippen LogP contribution is 2.14. The fraction of sp³-hybridized carbons (Fsp3) is 1.00. The van der Waals surface area contributed by atoms with E-state index in [1.807, 2.05) is 6.92 Å². The summed E-state index contributed by atoms with van der Waals surface area (Å²) in [5, 5.41) is 0. The van der Waals surface area contributed by atoms with Crippen LogP contribution in [0.4, 0.5) is 0 Å². The van der Waals surface area contributed by atoms with E-state index in [4.69, 9.17) is 0 Å². The molecule has 0 amide bonds. The van der Waals surface area contributed by atoms with Gasteiger partial charge in [0.25, 0.3) is 10.2 Å². The predicted octanol–water partition coefficient (Wildman–Crippen LogP) is -0.0233. The largest absolute Gasteiger partial charge is 0.279 e. The molecule has 0 bridgehead atoms. The van der Waals surface area contributed by atoms with E-state index in [9.17, 15) is 16.8 Å². The molecule has 0 saturated carbocycles. The van der Waals surface area contributed by atoms with E-state index in [0.29, 0.717) is 25.9 Å². The van der Waals surface area contributed by atoms with Crippen molar-refractivity contribution in [2.24, 2.45) is 0 Å². The highest BCUT2D eigenvalue weighted by molar-refractivity contribution is 7.88. The van der Waals surface area contributed by atoms with E-state index in [1.54, 1.807) is 0 Å². The third kappa shape index (κ3) is 5.28. The number of rotatable bonds is 7. The van der Waals surface area contributed by atoms with Crippen molar-refractivity contribution in [1.82, 2.24) is 13.3 Å². The fourth-order valence-electron chi connectivity index (χ4n) is 2.14. The van der Waals surface area contributed by atoms with Crippen molar-refractivity contribution in [1.29, 1.82) is 0 Å². The number of sulfonamides is 1. The van der Waals surface area contributed by atoms with E-state index < -0.39 is 20.2 Å². The number of piperidine rings is 1. The Morgan fingerprint density at radius 2 is 1.95 bits per heavy atom. The van der Waals surface area contributed by atoms with E-state index >= 15 is 0 Å². The lowest BCUT2D eigenvalue weighted by Crippen LogP contribution is -2.52. The van der Waals surface area contributed by atoms with Crippen LogP contribution in [0.2, 0.25) is 0 Å². The molecule has 1 aliphatic heterocycles. The minimum absolute atomic E-state index is 0.208. The van der Waals surface area contributed by atoms with Crippen molar-refractivity contribution in [3.8, 4) is 0 Å². The van der Waals surface area contributed by atoms with Crippen LogP contribution in [0.25, 0.3) is 0 Å². The number of hydrogen-bond acceptors (Lipinski definition) is 4. The van der Waals surface area contributed by atoms with Gasteiger partial charge in [-0.05, 0) is 19.3 Å². The summed E-state index contributed by atoms with van der Waals surface area (Å²) in [7, 11) is -5.27.